The van der Waals surface area contributed by atoms with Crippen LogP contribution in [0.25, 0.3) is 22.6 Å². The lowest BCUT2D eigenvalue weighted by Gasteiger charge is -2.58. The molecule has 2 aromatic heterocycles. The summed E-state index contributed by atoms with van der Waals surface area (Å²) < 4.78 is 28.5. The molecule has 1 N–H and O–H groups in total. The SMILES string of the molecule is Cc1nc(-c2ccc(C(=O)N3CC4(C3)CC(F)(F)C4)c(-c3ccn(C(C)C)n3)c2)n[nH]1. The molecule has 1 spiro atoms. The van der Waals surface area contributed by atoms with Gasteiger partial charge < -0.3 is 4.90 Å². The number of hydrogen-bond donors (Lipinski definition) is 1. The van der Waals surface area contributed by atoms with Crippen molar-refractivity contribution in [3.63, 3.8) is 0 Å². The van der Waals surface area contributed by atoms with E-state index in [1.807, 2.05) is 49.8 Å². The molecule has 0 unspecified atom stereocenters. The Morgan fingerprint density at radius 3 is 2.52 bits per heavy atom. The van der Waals surface area contributed by atoms with Gasteiger partial charge in [-0.1, -0.05) is 6.07 Å². The highest BCUT2D eigenvalue weighted by Crippen LogP contribution is 2.57. The normalized spacial score (nSPS) is 18.8. The largest absolute Gasteiger partial charge is 0.337 e. The molecule has 9 heteroatoms. The molecule has 0 atom stereocenters. The van der Waals surface area contributed by atoms with Crippen LogP contribution in [0.2, 0.25) is 0 Å². The summed E-state index contributed by atoms with van der Waals surface area (Å²) in [7, 11) is 0. The average molecular weight is 426 g/mol. The highest BCUT2D eigenvalue weighted by Gasteiger charge is 2.62. The highest BCUT2D eigenvalue weighted by atomic mass is 19.3. The molecular formula is C22H24F2N6O. The molecule has 0 bridgehead atoms. The van der Waals surface area contributed by atoms with Crippen LogP contribution in [0, 0.1) is 12.3 Å². The number of alkyl halides is 2. The molecule has 1 amide bonds. The smallest absolute Gasteiger partial charge is 0.254 e. The van der Waals surface area contributed by atoms with Crippen molar-refractivity contribution < 1.29 is 13.6 Å². The van der Waals surface area contributed by atoms with Gasteiger partial charge in [0.2, 0.25) is 5.92 Å². The number of aromatic nitrogens is 5. The summed E-state index contributed by atoms with van der Waals surface area (Å²) in [4.78, 5) is 19.3. The van der Waals surface area contributed by atoms with E-state index in [0.717, 1.165) is 5.56 Å². The van der Waals surface area contributed by atoms with Crippen molar-refractivity contribution in [2.24, 2.45) is 5.41 Å². The summed E-state index contributed by atoms with van der Waals surface area (Å²) in [6.45, 7) is 6.64. The van der Waals surface area contributed by atoms with Crippen LogP contribution in [0.5, 0.6) is 0 Å². The Morgan fingerprint density at radius 2 is 1.94 bits per heavy atom. The number of carbonyl (C=O) groups excluding carboxylic acids is 1. The number of likely N-dealkylation sites (tertiary alicyclic amines) is 1. The van der Waals surface area contributed by atoms with E-state index in [1.165, 1.54) is 0 Å². The van der Waals surface area contributed by atoms with Crippen molar-refractivity contribution >= 4 is 5.91 Å². The number of halogens is 2. The molecule has 1 saturated carbocycles. The number of aromatic amines is 1. The summed E-state index contributed by atoms with van der Waals surface area (Å²) in [6, 6.07) is 7.50. The Hall–Kier alpha value is -3.10. The van der Waals surface area contributed by atoms with Gasteiger partial charge >= 0.3 is 0 Å². The maximum absolute atomic E-state index is 13.3. The van der Waals surface area contributed by atoms with Crippen LogP contribution in [0.4, 0.5) is 8.78 Å². The predicted molar refractivity (Wildman–Crippen MR) is 111 cm³/mol. The Bertz CT molecular complexity index is 1150. The van der Waals surface area contributed by atoms with Gasteiger partial charge in [0, 0.05) is 60.3 Å². The number of benzene rings is 1. The third-order valence-corrected chi connectivity index (χ3v) is 6.13. The number of aryl methyl sites for hydroxylation is 1. The van der Waals surface area contributed by atoms with Gasteiger partial charge in [-0.25, -0.2) is 13.8 Å². The molecular weight excluding hydrogens is 402 g/mol. The van der Waals surface area contributed by atoms with Crippen molar-refractivity contribution in [3.8, 4) is 22.6 Å². The van der Waals surface area contributed by atoms with E-state index in [9.17, 15) is 13.6 Å². The predicted octanol–water partition coefficient (Wildman–Crippen LogP) is 4.10. The zero-order valence-electron chi connectivity index (χ0n) is 17.7. The third-order valence-electron chi connectivity index (χ3n) is 6.13. The minimum absolute atomic E-state index is 0.126. The maximum Gasteiger partial charge on any atom is 0.254 e. The molecule has 0 radical (unpaired) electrons. The number of nitrogens with zero attached hydrogens (tertiary/aromatic N) is 5. The molecule has 1 aromatic carbocycles. The first-order valence-electron chi connectivity index (χ1n) is 10.4. The summed E-state index contributed by atoms with van der Waals surface area (Å²) in [6.07, 6.45) is 1.63. The van der Waals surface area contributed by atoms with Gasteiger partial charge in [-0.15, -0.1) is 0 Å². The van der Waals surface area contributed by atoms with Gasteiger partial charge in [0.05, 0.1) is 5.69 Å². The number of rotatable bonds is 4. The fourth-order valence-corrected chi connectivity index (χ4v) is 4.67. The van der Waals surface area contributed by atoms with Crippen LogP contribution in [0.15, 0.2) is 30.5 Å². The fraction of sp³-hybridized carbons (Fsp3) is 0.455. The van der Waals surface area contributed by atoms with Crippen molar-refractivity contribution in [3.05, 3.63) is 41.9 Å². The van der Waals surface area contributed by atoms with Crippen molar-refractivity contribution in [1.29, 1.82) is 0 Å². The Labute approximate surface area is 178 Å². The number of carbonyl (C=O) groups is 1. The molecule has 162 valence electrons. The molecule has 2 aliphatic rings. The summed E-state index contributed by atoms with van der Waals surface area (Å²) in [5.74, 6) is -1.50. The van der Waals surface area contributed by atoms with Crippen LogP contribution < -0.4 is 0 Å². The quantitative estimate of drug-likeness (QED) is 0.681. The minimum Gasteiger partial charge on any atom is -0.337 e. The summed E-state index contributed by atoms with van der Waals surface area (Å²) in [5.41, 5.74) is 2.23. The first kappa shape index (κ1) is 19.8. The van der Waals surface area contributed by atoms with Crippen molar-refractivity contribution in [2.45, 2.75) is 45.6 Å². The van der Waals surface area contributed by atoms with Gasteiger partial charge in [-0.3, -0.25) is 14.6 Å². The lowest BCUT2D eigenvalue weighted by atomic mass is 9.61. The van der Waals surface area contributed by atoms with Crippen LogP contribution in [-0.4, -0.2) is 54.8 Å². The van der Waals surface area contributed by atoms with Gasteiger partial charge in [-0.2, -0.15) is 10.2 Å². The van der Waals surface area contributed by atoms with Crippen LogP contribution >= 0.6 is 0 Å². The fourth-order valence-electron chi connectivity index (χ4n) is 4.67. The molecule has 7 nitrogen and oxygen atoms in total. The van der Waals surface area contributed by atoms with E-state index in [-0.39, 0.29) is 24.8 Å². The van der Waals surface area contributed by atoms with E-state index in [4.69, 9.17) is 0 Å². The molecule has 1 aliphatic heterocycles. The van der Waals surface area contributed by atoms with Crippen LogP contribution in [0.1, 0.15) is 48.9 Å². The van der Waals surface area contributed by atoms with E-state index in [0.29, 0.717) is 41.6 Å². The lowest BCUT2D eigenvalue weighted by Crippen LogP contribution is -2.66. The zero-order valence-corrected chi connectivity index (χ0v) is 17.7. The monoisotopic (exact) mass is 426 g/mol. The third kappa shape index (κ3) is 3.41. The van der Waals surface area contributed by atoms with Gasteiger partial charge in [0.1, 0.15) is 5.82 Å². The molecule has 5 rings (SSSR count). The Kier molecular flexibility index (Phi) is 4.29. The topological polar surface area (TPSA) is 79.7 Å². The maximum atomic E-state index is 13.3. The first-order chi connectivity index (χ1) is 14.6. The average Bonchev–Trinajstić information content (AvgIpc) is 3.32. The molecule has 3 heterocycles. The highest BCUT2D eigenvalue weighted by molar-refractivity contribution is 6.01. The second-order valence-corrected chi connectivity index (χ2v) is 9.15. The number of H-pyrrole nitrogens is 1. The van der Waals surface area contributed by atoms with Gasteiger partial charge in [0.15, 0.2) is 5.82 Å². The van der Waals surface area contributed by atoms with Gasteiger partial charge in [-0.05, 0) is 39.0 Å². The molecule has 3 aromatic rings. The first-order valence-corrected chi connectivity index (χ1v) is 10.4. The van der Waals surface area contributed by atoms with E-state index >= 15 is 0 Å². The van der Waals surface area contributed by atoms with E-state index in [2.05, 4.69) is 20.3 Å². The standard InChI is InChI=1S/C22H24F2N6O/c1-13(2)30-7-6-18(28-30)17-8-15(19-25-14(3)26-27-19)4-5-16(17)20(31)29-11-21(12-29)9-22(23,24)10-21/h4-8,13H,9-12H2,1-3H3,(H,25,26,27). The minimum atomic E-state index is -2.58. The van der Waals surface area contributed by atoms with E-state index < -0.39 is 11.3 Å². The van der Waals surface area contributed by atoms with E-state index in [1.54, 1.807) is 11.0 Å². The second-order valence-electron chi connectivity index (χ2n) is 9.15. The zero-order chi connectivity index (χ0) is 22.0. The Balaban J connectivity index is 1.48. The molecule has 31 heavy (non-hydrogen) atoms. The number of amides is 1. The molecule has 1 aliphatic carbocycles. The van der Waals surface area contributed by atoms with Crippen LogP contribution in [0.3, 0.4) is 0 Å². The number of hydrogen-bond acceptors (Lipinski definition) is 4. The van der Waals surface area contributed by atoms with Crippen LogP contribution in [-0.2, 0) is 0 Å². The number of nitrogens with one attached hydrogen (secondary N) is 1. The summed E-state index contributed by atoms with van der Waals surface area (Å²) in [5, 5.41) is 11.7. The summed E-state index contributed by atoms with van der Waals surface area (Å²) >= 11 is 0. The second kappa shape index (κ2) is 6.70. The Morgan fingerprint density at radius 1 is 1.19 bits per heavy atom. The van der Waals surface area contributed by atoms with Gasteiger partial charge in [0.25, 0.3) is 5.91 Å². The molecule has 2 fully saturated rings. The van der Waals surface area contributed by atoms with Crippen molar-refractivity contribution in [2.75, 3.05) is 13.1 Å². The lowest BCUT2D eigenvalue weighted by molar-refractivity contribution is -0.203. The van der Waals surface area contributed by atoms with Crippen molar-refractivity contribution in [1.82, 2.24) is 29.9 Å². The molecule has 1 saturated heterocycles.